The van der Waals surface area contributed by atoms with Gasteiger partial charge in [-0.1, -0.05) is 37.3 Å². The maximum absolute atomic E-state index is 9.91. The van der Waals surface area contributed by atoms with E-state index in [0.29, 0.717) is 17.7 Å². The number of hydrogen-bond acceptors (Lipinski definition) is 7. The summed E-state index contributed by atoms with van der Waals surface area (Å²) in [6.45, 7) is 3.75. The molecule has 0 aliphatic rings. The lowest BCUT2D eigenvalue weighted by molar-refractivity contribution is 0.169. The number of nitrogens with zero attached hydrogens (tertiary/aromatic N) is 4. The van der Waals surface area contributed by atoms with Gasteiger partial charge in [0.1, 0.15) is 0 Å². The highest BCUT2D eigenvalue weighted by Gasteiger charge is 2.16. The Kier molecular flexibility index (Phi) is 5.70. The predicted molar refractivity (Wildman–Crippen MR) is 102 cm³/mol. The Hall–Kier alpha value is -3.06. The topological polar surface area (TPSA) is 95.9 Å². The van der Waals surface area contributed by atoms with Crippen molar-refractivity contribution in [2.75, 3.05) is 10.6 Å². The average Bonchev–Trinajstić information content (AvgIpc) is 2.67. The van der Waals surface area contributed by atoms with E-state index in [1.807, 2.05) is 49.4 Å². The summed E-state index contributed by atoms with van der Waals surface area (Å²) >= 11 is 0. The zero-order valence-electron chi connectivity index (χ0n) is 14.8. The number of aliphatic hydroxyl groups is 1. The lowest BCUT2D eigenvalue weighted by Gasteiger charge is -2.20. The number of benzene rings is 1. The number of pyridine rings is 1. The molecule has 0 fully saturated rings. The summed E-state index contributed by atoms with van der Waals surface area (Å²) in [4.78, 5) is 17.5. The third-order valence-corrected chi connectivity index (χ3v) is 3.94. The van der Waals surface area contributed by atoms with Gasteiger partial charge in [-0.15, -0.1) is 0 Å². The fourth-order valence-electron chi connectivity index (χ4n) is 2.51. The Morgan fingerprint density at radius 3 is 2.31 bits per heavy atom. The highest BCUT2D eigenvalue weighted by atomic mass is 16.3. The van der Waals surface area contributed by atoms with Gasteiger partial charge in [-0.05, 0) is 25.5 Å². The van der Waals surface area contributed by atoms with Gasteiger partial charge >= 0.3 is 0 Å². The highest BCUT2D eigenvalue weighted by molar-refractivity contribution is 5.60. The molecule has 7 heteroatoms. The summed E-state index contributed by atoms with van der Waals surface area (Å²) in [6.07, 6.45) is 3.62. The summed E-state index contributed by atoms with van der Waals surface area (Å²) in [7, 11) is 0. The molecular weight excluding hydrogens is 328 g/mol. The Labute approximate surface area is 152 Å². The number of anilines is 3. The van der Waals surface area contributed by atoms with Gasteiger partial charge in [0.05, 0.1) is 12.1 Å². The van der Waals surface area contributed by atoms with Crippen LogP contribution in [0.5, 0.6) is 0 Å². The van der Waals surface area contributed by atoms with Gasteiger partial charge in [-0.25, -0.2) is 0 Å². The lowest BCUT2D eigenvalue weighted by atomic mass is 10.1. The van der Waals surface area contributed by atoms with Crippen molar-refractivity contribution >= 4 is 17.6 Å². The number of aromatic nitrogens is 4. The van der Waals surface area contributed by atoms with E-state index in [0.717, 1.165) is 17.7 Å². The van der Waals surface area contributed by atoms with Crippen LogP contribution in [0.3, 0.4) is 0 Å². The molecule has 0 aliphatic heterocycles. The minimum Gasteiger partial charge on any atom is -0.391 e. The average molecular weight is 350 g/mol. The van der Waals surface area contributed by atoms with Crippen LogP contribution in [0, 0.1) is 0 Å². The van der Waals surface area contributed by atoms with Gasteiger partial charge in [-0.2, -0.15) is 15.0 Å². The molecule has 134 valence electrons. The van der Waals surface area contributed by atoms with Crippen molar-refractivity contribution in [1.82, 2.24) is 19.9 Å². The second kappa shape index (κ2) is 8.35. The number of aliphatic hydroxyl groups excluding tert-OH is 1. The lowest BCUT2D eigenvalue weighted by Crippen LogP contribution is -2.31. The van der Waals surface area contributed by atoms with Crippen molar-refractivity contribution in [3.05, 3.63) is 54.9 Å². The summed E-state index contributed by atoms with van der Waals surface area (Å²) in [6, 6.07) is 13.2. The Morgan fingerprint density at radius 1 is 0.962 bits per heavy atom. The Bertz CT molecular complexity index is 826. The molecule has 2 atom stereocenters. The standard InChI is InChI=1S/C19H22N6O/c1-3-16(13(2)26)22-19-24-17(14-7-5-4-6-8-14)23-18(25-19)21-15-9-11-20-12-10-15/h4-13,16,26H,3H2,1-2H3,(H2,20,21,22,23,24,25). The fraction of sp³-hybridized carbons (Fsp3) is 0.263. The third kappa shape index (κ3) is 4.52. The smallest absolute Gasteiger partial charge is 0.232 e. The molecule has 0 bridgehead atoms. The van der Waals surface area contributed by atoms with E-state index in [-0.39, 0.29) is 6.04 Å². The second-order valence-corrected chi connectivity index (χ2v) is 5.93. The van der Waals surface area contributed by atoms with Crippen molar-refractivity contribution in [2.24, 2.45) is 0 Å². The highest BCUT2D eigenvalue weighted by Crippen LogP contribution is 2.20. The molecule has 2 heterocycles. The van der Waals surface area contributed by atoms with Gasteiger partial charge in [0.2, 0.25) is 11.9 Å². The minimum absolute atomic E-state index is 0.144. The van der Waals surface area contributed by atoms with E-state index in [1.165, 1.54) is 0 Å². The van der Waals surface area contributed by atoms with Crippen LogP contribution >= 0.6 is 0 Å². The molecule has 0 aliphatic carbocycles. The molecule has 0 saturated heterocycles. The molecule has 0 saturated carbocycles. The molecule has 0 spiro atoms. The fourth-order valence-corrected chi connectivity index (χ4v) is 2.51. The zero-order valence-corrected chi connectivity index (χ0v) is 14.8. The third-order valence-electron chi connectivity index (χ3n) is 3.94. The summed E-state index contributed by atoms with van der Waals surface area (Å²) < 4.78 is 0. The van der Waals surface area contributed by atoms with Crippen LogP contribution in [0.25, 0.3) is 11.4 Å². The first kappa shape index (κ1) is 17.8. The Balaban J connectivity index is 1.96. The van der Waals surface area contributed by atoms with Crippen molar-refractivity contribution in [3.8, 4) is 11.4 Å². The first-order valence-electron chi connectivity index (χ1n) is 8.59. The molecule has 1 aromatic carbocycles. The molecule has 3 rings (SSSR count). The number of hydrogen-bond donors (Lipinski definition) is 3. The van der Waals surface area contributed by atoms with Crippen LogP contribution in [0.4, 0.5) is 17.6 Å². The molecule has 3 aromatic rings. The maximum Gasteiger partial charge on any atom is 0.232 e. The van der Waals surface area contributed by atoms with Crippen LogP contribution in [0.2, 0.25) is 0 Å². The van der Waals surface area contributed by atoms with Gasteiger partial charge in [0.25, 0.3) is 0 Å². The number of rotatable bonds is 7. The monoisotopic (exact) mass is 350 g/mol. The van der Waals surface area contributed by atoms with E-state index >= 15 is 0 Å². The number of nitrogens with one attached hydrogen (secondary N) is 2. The molecule has 26 heavy (non-hydrogen) atoms. The van der Waals surface area contributed by atoms with Crippen molar-refractivity contribution in [3.63, 3.8) is 0 Å². The predicted octanol–water partition coefficient (Wildman–Crippen LogP) is 3.25. The summed E-state index contributed by atoms with van der Waals surface area (Å²) in [5.41, 5.74) is 1.72. The molecule has 3 N–H and O–H groups in total. The Morgan fingerprint density at radius 2 is 1.65 bits per heavy atom. The zero-order chi connectivity index (χ0) is 18.4. The molecular formula is C19H22N6O. The minimum atomic E-state index is -0.520. The van der Waals surface area contributed by atoms with Crippen LogP contribution in [0.1, 0.15) is 20.3 Å². The van der Waals surface area contributed by atoms with E-state index in [9.17, 15) is 5.11 Å². The summed E-state index contributed by atoms with van der Waals surface area (Å²) in [5.74, 6) is 1.40. The normalized spacial score (nSPS) is 13.0. The molecule has 0 radical (unpaired) electrons. The SMILES string of the molecule is CCC(Nc1nc(Nc2ccncc2)nc(-c2ccccc2)n1)C(C)O. The van der Waals surface area contributed by atoms with Crippen LogP contribution < -0.4 is 10.6 Å². The molecule has 7 nitrogen and oxygen atoms in total. The van der Waals surface area contributed by atoms with Gasteiger partial charge in [0.15, 0.2) is 5.82 Å². The molecule has 2 aromatic heterocycles. The largest absolute Gasteiger partial charge is 0.391 e. The quantitative estimate of drug-likeness (QED) is 0.602. The van der Waals surface area contributed by atoms with Crippen LogP contribution in [0.15, 0.2) is 54.9 Å². The van der Waals surface area contributed by atoms with E-state index < -0.39 is 6.10 Å². The molecule has 2 unspecified atom stereocenters. The second-order valence-electron chi connectivity index (χ2n) is 5.93. The van der Waals surface area contributed by atoms with Gasteiger partial charge in [-0.3, -0.25) is 4.98 Å². The first-order chi connectivity index (χ1) is 12.7. The first-order valence-corrected chi connectivity index (χ1v) is 8.59. The summed E-state index contributed by atoms with van der Waals surface area (Å²) in [5, 5.41) is 16.3. The van der Waals surface area contributed by atoms with E-state index in [2.05, 4.69) is 30.6 Å². The van der Waals surface area contributed by atoms with Crippen molar-refractivity contribution < 1.29 is 5.11 Å². The van der Waals surface area contributed by atoms with E-state index in [4.69, 9.17) is 0 Å². The van der Waals surface area contributed by atoms with Crippen molar-refractivity contribution in [1.29, 1.82) is 0 Å². The molecule has 0 amide bonds. The van der Waals surface area contributed by atoms with E-state index in [1.54, 1.807) is 19.3 Å². The van der Waals surface area contributed by atoms with Gasteiger partial charge in [0, 0.05) is 23.6 Å². The van der Waals surface area contributed by atoms with Crippen molar-refractivity contribution in [2.45, 2.75) is 32.4 Å². The van der Waals surface area contributed by atoms with Crippen LogP contribution in [-0.4, -0.2) is 37.2 Å². The maximum atomic E-state index is 9.91. The van der Waals surface area contributed by atoms with Gasteiger partial charge < -0.3 is 15.7 Å². The van der Waals surface area contributed by atoms with Crippen LogP contribution in [-0.2, 0) is 0 Å².